The van der Waals surface area contributed by atoms with Crippen LogP contribution in [0, 0.1) is 0 Å². The smallest absolute Gasteiger partial charge is 0.410 e. The molecule has 1 aliphatic heterocycles. The number of nitrogens with zero attached hydrogens (tertiary/aromatic N) is 2. The number of esters is 1. The minimum Gasteiger partial charge on any atom is -0.459 e. The molecule has 1 fully saturated rings. The van der Waals surface area contributed by atoms with E-state index in [0.29, 0.717) is 49.1 Å². The highest BCUT2D eigenvalue weighted by Gasteiger charge is 2.52. The van der Waals surface area contributed by atoms with Crippen LogP contribution in [0.4, 0.5) is 4.79 Å². The number of fused-ring (bicyclic) bond motifs is 1. The SMILES string of the molecule is CC(C)(C)OC(=O)N1CCN(C2(C(=O)OCc3ccccc3)CCc3cc(Cl)c(Cl)cc32)CC1. The fraction of sp³-hybridized carbons (Fsp3) is 0.462. The molecule has 2 aliphatic rings. The topological polar surface area (TPSA) is 59.1 Å². The first kappa shape index (κ1) is 24.8. The normalized spacial score (nSPS) is 20.7. The molecule has 1 saturated heterocycles. The minimum atomic E-state index is -0.974. The molecule has 0 saturated carbocycles. The number of ether oxygens (including phenoxy) is 2. The Labute approximate surface area is 210 Å². The molecule has 182 valence electrons. The monoisotopic (exact) mass is 504 g/mol. The van der Waals surface area contributed by atoms with Crippen molar-refractivity contribution in [3.8, 4) is 0 Å². The van der Waals surface area contributed by atoms with E-state index in [1.165, 1.54) is 0 Å². The van der Waals surface area contributed by atoms with E-state index in [0.717, 1.165) is 16.7 Å². The number of amides is 1. The van der Waals surface area contributed by atoms with Gasteiger partial charge in [0.1, 0.15) is 17.7 Å². The molecular weight excluding hydrogens is 475 g/mol. The maximum absolute atomic E-state index is 13.8. The van der Waals surface area contributed by atoms with E-state index in [9.17, 15) is 9.59 Å². The van der Waals surface area contributed by atoms with Crippen LogP contribution < -0.4 is 0 Å². The van der Waals surface area contributed by atoms with Gasteiger partial charge in [-0.05, 0) is 62.4 Å². The number of hydrogen-bond acceptors (Lipinski definition) is 5. The zero-order chi connectivity index (χ0) is 24.5. The lowest BCUT2D eigenvalue weighted by molar-refractivity contribution is -0.162. The predicted octanol–water partition coefficient (Wildman–Crippen LogP) is 5.43. The largest absolute Gasteiger partial charge is 0.459 e. The first-order valence-electron chi connectivity index (χ1n) is 11.5. The fourth-order valence-electron chi connectivity index (χ4n) is 4.74. The Bertz CT molecular complexity index is 1060. The number of halogens is 2. The van der Waals surface area contributed by atoms with Crippen molar-refractivity contribution in [2.24, 2.45) is 0 Å². The lowest BCUT2D eigenvalue weighted by Crippen LogP contribution is -2.59. The van der Waals surface area contributed by atoms with Gasteiger partial charge in [0, 0.05) is 26.2 Å². The van der Waals surface area contributed by atoms with Crippen molar-refractivity contribution in [3.63, 3.8) is 0 Å². The maximum Gasteiger partial charge on any atom is 0.410 e. The third kappa shape index (κ3) is 5.04. The van der Waals surface area contributed by atoms with Gasteiger partial charge in [-0.15, -0.1) is 0 Å². The molecule has 1 unspecified atom stereocenters. The average Bonchev–Trinajstić information content (AvgIpc) is 3.16. The molecule has 8 heteroatoms. The van der Waals surface area contributed by atoms with Crippen LogP contribution in [0.5, 0.6) is 0 Å². The molecule has 2 aromatic rings. The summed E-state index contributed by atoms with van der Waals surface area (Å²) >= 11 is 12.7. The van der Waals surface area contributed by atoms with Gasteiger partial charge in [-0.25, -0.2) is 9.59 Å². The predicted molar refractivity (Wildman–Crippen MR) is 132 cm³/mol. The lowest BCUT2D eigenvalue weighted by Gasteiger charge is -2.44. The Morgan fingerprint density at radius 1 is 1.00 bits per heavy atom. The molecule has 4 rings (SSSR count). The van der Waals surface area contributed by atoms with Gasteiger partial charge in [0.15, 0.2) is 0 Å². The van der Waals surface area contributed by atoms with E-state index >= 15 is 0 Å². The van der Waals surface area contributed by atoms with E-state index in [1.807, 2.05) is 57.2 Å². The summed E-state index contributed by atoms with van der Waals surface area (Å²) in [5, 5.41) is 0.888. The molecular formula is C26H30Cl2N2O4. The lowest BCUT2D eigenvalue weighted by atomic mass is 9.88. The molecule has 1 aliphatic carbocycles. The summed E-state index contributed by atoms with van der Waals surface area (Å²) in [7, 11) is 0. The van der Waals surface area contributed by atoms with E-state index in [4.69, 9.17) is 32.7 Å². The van der Waals surface area contributed by atoms with Gasteiger partial charge < -0.3 is 14.4 Å². The molecule has 0 N–H and O–H groups in total. The van der Waals surface area contributed by atoms with E-state index in [1.54, 1.807) is 11.0 Å². The first-order chi connectivity index (χ1) is 16.1. The highest BCUT2D eigenvalue weighted by Crippen LogP contribution is 2.46. The number of hydrogen-bond donors (Lipinski definition) is 0. The molecule has 0 aromatic heterocycles. The van der Waals surface area contributed by atoms with Gasteiger partial charge in [0.05, 0.1) is 10.0 Å². The molecule has 1 amide bonds. The van der Waals surface area contributed by atoms with Crippen molar-refractivity contribution in [2.75, 3.05) is 26.2 Å². The number of carbonyl (C=O) groups excluding carboxylic acids is 2. The van der Waals surface area contributed by atoms with Crippen LogP contribution in [-0.4, -0.2) is 53.6 Å². The fourth-order valence-corrected chi connectivity index (χ4v) is 5.09. The van der Waals surface area contributed by atoms with Gasteiger partial charge in [-0.3, -0.25) is 4.90 Å². The number of rotatable bonds is 4. The van der Waals surface area contributed by atoms with Gasteiger partial charge >= 0.3 is 12.1 Å². The number of carbonyl (C=O) groups is 2. The first-order valence-corrected chi connectivity index (χ1v) is 12.3. The minimum absolute atomic E-state index is 0.190. The van der Waals surface area contributed by atoms with Gasteiger partial charge in [-0.1, -0.05) is 53.5 Å². The van der Waals surface area contributed by atoms with E-state index in [-0.39, 0.29) is 18.7 Å². The standard InChI is InChI=1S/C26H30Cl2N2O4/c1-25(2,3)34-24(32)29-11-13-30(14-12-29)26(23(31)33-17-18-7-5-4-6-8-18)10-9-19-15-21(27)22(28)16-20(19)26/h4-8,15-16H,9-14,17H2,1-3H3. The molecule has 34 heavy (non-hydrogen) atoms. The second-order valence-electron chi connectivity index (χ2n) is 9.80. The maximum atomic E-state index is 13.8. The summed E-state index contributed by atoms with van der Waals surface area (Å²) in [6, 6.07) is 13.3. The molecule has 1 heterocycles. The Morgan fingerprint density at radius 3 is 2.29 bits per heavy atom. The van der Waals surface area contributed by atoms with Crippen molar-refractivity contribution in [1.82, 2.24) is 9.80 Å². The van der Waals surface area contributed by atoms with E-state index in [2.05, 4.69) is 4.90 Å². The van der Waals surface area contributed by atoms with Crippen molar-refractivity contribution in [2.45, 2.75) is 51.4 Å². The Balaban J connectivity index is 1.59. The number of benzene rings is 2. The number of aryl methyl sites for hydroxylation is 1. The van der Waals surface area contributed by atoms with Crippen LogP contribution in [0.2, 0.25) is 10.0 Å². The second kappa shape index (κ2) is 9.76. The van der Waals surface area contributed by atoms with Crippen molar-refractivity contribution < 1.29 is 19.1 Å². The van der Waals surface area contributed by atoms with Gasteiger partial charge in [0.2, 0.25) is 0 Å². The van der Waals surface area contributed by atoms with Crippen molar-refractivity contribution >= 4 is 35.3 Å². The van der Waals surface area contributed by atoms with Gasteiger partial charge in [-0.2, -0.15) is 0 Å². The third-order valence-corrected chi connectivity index (χ3v) is 7.09. The zero-order valence-electron chi connectivity index (χ0n) is 19.8. The van der Waals surface area contributed by atoms with Crippen LogP contribution in [0.15, 0.2) is 42.5 Å². The number of piperazine rings is 1. The molecule has 1 atom stereocenters. The summed E-state index contributed by atoms with van der Waals surface area (Å²) in [5.74, 6) is -0.306. The van der Waals surface area contributed by atoms with Crippen molar-refractivity contribution in [3.05, 3.63) is 69.2 Å². The Hall–Kier alpha value is -2.28. The Morgan fingerprint density at radius 2 is 1.65 bits per heavy atom. The van der Waals surface area contributed by atoms with Gasteiger partial charge in [0.25, 0.3) is 0 Å². The zero-order valence-corrected chi connectivity index (χ0v) is 21.3. The molecule has 2 aromatic carbocycles. The molecule has 0 radical (unpaired) electrons. The van der Waals surface area contributed by atoms with Crippen molar-refractivity contribution in [1.29, 1.82) is 0 Å². The summed E-state index contributed by atoms with van der Waals surface area (Å²) in [6.07, 6.45) is 0.923. The highest BCUT2D eigenvalue weighted by molar-refractivity contribution is 6.42. The summed E-state index contributed by atoms with van der Waals surface area (Å²) < 4.78 is 11.4. The van der Waals surface area contributed by atoms with Crippen LogP contribution in [0.1, 0.15) is 43.9 Å². The van der Waals surface area contributed by atoms with Crippen LogP contribution in [0.25, 0.3) is 0 Å². The van der Waals surface area contributed by atoms with Crippen LogP contribution in [0.3, 0.4) is 0 Å². The quantitative estimate of drug-likeness (QED) is 0.519. The Kier molecular flexibility index (Phi) is 7.13. The molecule has 0 spiro atoms. The summed E-state index contributed by atoms with van der Waals surface area (Å²) in [5.41, 5.74) is 1.23. The van der Waals surface area contributed by atoms with Crippen LogP contribution in [-0.2, 0) is 32.8 Å². The average molecular weight is 505 g/mol. The van der Waals surface area contributed by atoms with E-state index < -0.39 is 11.1 Å². The second-order valence-corrected chi connectivity index (χ2v) is 10.6. The highest BCUT2D eigenvalue weighted by atomic mass is 35.5. The summed E-state index contributed by atoms with van der Waals surface area (Å²) in [6.45, 7) is 7.68. The summed E-state index contributed by atoms with van der Waals surface area (Å²) in [4.78, 5) is 30.1. The third-order valence-electron chi connectivity index (χ3n) is 6.37. The molecule has 6 nitrogen and oxygen atoms in total. The van der Waals surface area contributed by atoms with Crippen LogP contribution >= 0.6 is 23.2 Å². The molecule has 0 bridgehead atoms.